The molecule has 5 rings (SSSR count). The molecule has 3 aromatic carbocycles. The van der Waals surface area contributed by atoms with Crippen LogP contribution in [0.25, 0.3) is 22.4 Å². The van der Waals surface area contributed by atoms with Gasteiger partial charge in [-0.2, -0.15) is 27.3 Å². The Morgan fingerprint density at radius 3 is 2.35 bits per heavy atom. The SMILES string of the molecule is O=C(Nc1ccc2c(c1)C(F)(F)C(F)(F)O2)n1cc(-c2ccccc2F)c(-c2ccccc2)n1. The third kappa shape index (κ3) is 3.47. The fourth-order valence-electron chi connectivity index (χ4n) is 3.65. The number of nitrogens with zero attached hydrogens (tertiary/aromatic N) is 2. The maximum atomic E-state index is 14.5. The van der Waals surface area contributed by atoms with Crippen molar-refractivity contribution < 1.29 is 31.5 Å². The van der Waals surface area contributed by atoms with E-state index in [-0.39, 0.29) is 11.3 Å². The van der Waals surface area contributed by atoms with E-state index < -0.39 is 35.2 Å². The first-order chi connectivity index (χ1) is 16.2. The molecule has 0 spiro atoms. The molecule has 4 aromatic rings. The standard InChI is InChI=1S/C24H14F5N3O2/c25-19-9-5-4-8-16(19)17-13-32(31-21(17)14-6-2-1-3-7-14)22(33)30-15-10-11-20-18(12-15)23(26,27)24(28,29)34-20/h1-13H,(H,30,33). The van der Waals surface area contributed by atoms with Crippen molar-refractivity contribution in [2.75, 3.05) is 5.32 Å². The summed E-state index contributed by atoms with van der Waals surface area (Å²) in [7, 11) is 0. The van der Waals surface area contributed by atoms with Crippen LogP contribution in [0.3, 0.4) is 0 Å². The van der Waals surface area contributed by atoms with Gasteiger partial charge < -0.3 is 10.1 Å². The molecule has 0 aliphatic carbocycles. The lowest BCUT2D eigenvalue weighted by Gasteiger charge is -2.16. The molecule has 34 heavy (non-hydrogen) atoms. The van der Waals surface area contributed by atoms with E-state index in [9.17, 15) is 26.7 Å². The molecule has 2 heterocycles. The van der Waals surface area contributed by atoms with E-state index in [1.54, 1.807) is 36.4 Å². The molecular weight excluding hydrogens is 457 g/mol. The van der Waals surface area contributed by atoms with Crippen molar-refractivity contribution in [2.45, 2.75) is 12.0 Å². The third-order valence-corrected chi connectivity index (χ3v) is 5.31. The van der Waals surface area contributed by atoms with Gasteiger partial charge in [0.2, 0.25) is 0 Å². The van der Waals surface area contributed by atoms with Crippen molar-refractivity contribution in [1.82, 2.24) is 9.78 Å². The maximum Gasteiger partial charge on any atom is 0.469 e. The van der Waals surface area contributed by atoms with Gasteiger partial charge in [-0.15, -0.1) is 0 Å². The third-order valence-electron chi connectivity index (χ3n) is 5.31. The zero-order valence-corrected chi connectivity index (χ0v) is 17.1. The van der Waals surface area contributed by atoms with Crippen molar-refractivity contribution in [3.63, 3.8) is 0 Å². The Bertz CT molecular complexity index is 1400. The molecular formula is C24H14F5N3O2. The molecule has 0 saturated carbocycles. The number of nitrogens with one attached hydrogen (secondary N) is 1. The number of anilines is 1. The second-order valence-corrected chi connectivity index (χ2v) is 7.52. The summed E-state index contributed by atoms with van der Waals surface area (Å²) < 4.78 is 74.3. The van der Waals surface area contributed by atoms with Gasteiger partial charge in [-0.05, 0) is 24.3 Å². The van der Waals surface area contributed by atoms with Crippen LogP contribution in [-0.4, -0.2) is 21.9 Å². The summed E-state index contributed by atoms with van der Waals surface area (Å²) in [6.07, 6.45) is -3.39. The van der Waals surface area contributed by atoms with E-state index in [4.69, 9.17) is 0 Å². The van der Waals surface area contributed by atoms with E-state index in [2.05, 4.69) is 15.2 Å². The number of aromatic nitrogens is 2. The number of amides is 1. The number of rotatable bonds is 3. The number of halogens is 5. The molecule has 0 bridgehead atoms. The molecule has 0 atom stereocenters. The fourth-order valence-corrected chi connectivity index (χ4v) is 3.65. The highest BCUT2D eigenvalue weighted by molar-refractivity contribution is 5.93. The summed E-state index contributed by atoms with van der Waals surface area (Å²) in [5, 5.41) is 6.61. The molecule has 1 amide bonds. The molecule has 1 aliphatic rings. The van der Waals surface area contributed by atoms with Crippen LogP contribution >= 0.6 is 0 Å². The average Bonchev–Trinajstić information content (AvgIpc) is 3.32. The molecule has 0 radical (unpaired) electrons. The lowest BCUT2D eigenvalue weighted by atomic mass is 10.0. The Morgan fingerprint density at radius 2 is 1.62 bits per heavy atom. The van der Waals surface area contributed by atoms with Gasteiger partial charge in [0, 0.05) is 28.6 Å². The molecule has 172 valence electrons. The van der Waals surface area contributed by atoms with E-state index >= 15 is 0 Å². The first kappa shape index (κ1) is 21.6. The number of ether oxygens (including phenoxy) is 1. The number of hydrogen-bond acceptors (Lipinski definition) is 3. The van der Waals surface area contributed by atoms with Gasteiger partial charge in [0.05, 0.1) is 5.56 Å². The van der Waals surface area contributed by atoms with Gasteiger partial charge in [-0.25, -0.2) is 9.18 Å². The first-order valence-corrected chi connectivity index (χ1v) is 9.98. The monoisotopic (exact) mass is 471 g/mol. The largest absolute Gasteiger partial charge is 0.469 e. The fraction of sp³-hybridized carbons (Fsp3) is 0.0833. The van der Waals surface area contributed by atoms with Crippen LogP contribution in [0.1, 0.15) is 5.56 Å². The highest BCUT2D eigenvalue weighted by Crippen LogP contribution is 2.53. The number of benzene rings is 3. The quantitative estimate of drug-likeness (QED) is 0.347. The van der Waals surface area contributed by atoms with Crippen LogP contribution < -0.4 is 10.1 Å². The number of hydrogen-bond donors (Lipinski definition) is 1. The van der Waals surface area contributed by atoms with E-state index in [0.717, 1.165) is 16.8 Å². The topological polar surface area (TPSA) is 56.1 Å². The Balaban J connectivity index is 1.51. The second-order valence-electron chi connectivity index (χ2n) is 7.52. The first-order valence-electron chi connectivity index (χ1n) is 9.98. The summed E-state index contributed by atoms with van der Waals surface area (Å²) in [6.45, 7) is 0. The number of fused-ring (bicyclic) bond motifs is 1. The van der Waals surface area contributed by atoms with Crippen molar-refractivity contribution in [3.8, 4) is 28.1 Å². The lowest BCUT2D eigenvalue weighted by molar-refractivity contribution is -0.296. The van der Waals surface area contributed by atoms with Crippen LogP contribution in [0.4, 0.5) is 32.4 Å². The lowest BCUT2D eigenvalue weighted by Crippen LogP contribution is -2.37. The molecule has 10 heteroatoms. The minimum Gasteiger partial charge on any atom is -0.427 e. The van der Waals surface area contributed by atoms with E-state index in [0.29, 0.717) is 22.9 Å². The molecule has 0 saturated heterocycles. The Hall–Kier alpha value is -4.21. The van der Waals surface area contributed by atoms with Gasteiger partial charge in [0.1, 0.15) is 17.3 Å². The highest BCUT2D eigenvalue weighted by atomic mass is 19.3. The number of carbonyl (C=O) groups excluding carboxylic acids is 1. The summed E-state index contributed by atoms with van der Waals surface area (Å²) in [6, 6.07) is 16.6. The van der Waals surface area contributed by atoms with Crippen LogP contribution in [0.15, 0.2) is 79.0 Å². The van der Waals surface area contributed by atoms with E-state index in [1.807, 2.05) is 0 Å². The maximum absolute atomic E-state index is 14.5. The minimum absolute atomic E-state index is 0.172. The average molecular weight is 471 g/mol. The normalized spacial score (nSPS) is 15.4. The second kappa shape index (κ2) is 7.68. The van der Waals surface area contributed by atoms with Crippen molar-refractivity contribution >= 4 is 11.7 Å². The molecule has 5 nitrogen and oxygen atoms in total. The molecule has 0 unspecified atom stereocenters. The van der Waals surface area contributed by atoms with E-state index in [1.165, 1.54) is 24.4 Å². The van der Waals surface area contributed by atoms with Crippen molar-refractivity contribution in [3.05, 3.63) is 90.4 Å². The zero-order chi connectivity index (χ0) is 24.1. The summed E-state index contributed by atoms with van der Waals surface area (Å²) in [4.78, 5) is 12.8. The summed E-state index contributed by atoms with van der Waals surface area (Å²) >= 11 is 0. The van der Waals surface area contributed by atoms with Gasteiger partial charge in [-0.1, -0.05) is 48.5 Å². The Labute approximate surface area is 189 Å². The predicted octanol–water partition coefficient (Wildman–Crippen LogP) is 6.51. The zero-order valence-electron chi connectivity index (χ0n) is 17.1. The molecule has 1 aliphatic heterocycles. The van der Waals surface area contributed by atoms with Crippen LogP contribution in [-0.2, 0) is 5.92 Å². The van der Waals surface area contributed by atoms with Gasteiger partial charge >= 0.3 is 18.1 Å². The predicted molar refractivity (Wildman–Crippen MR) is 113 cm³/mol. The van der Waals surface area contributed by atoms with Gasteiger partial charge in [0.15, 0.2) is 0 Å². The van der Waals surface area contributed by atoms with Crippen molar-refractivity contribution in [1.29, 1.82) is 0 Å². The Morgan fingerprint density at radius 1 is 0.912 bits per heavy atom. The molecule has 1 N–H and O–H groups in total. The minimum atomic E-state index is -4.70. The van der Waals surface area contributed by atoms with Gasteiger partial charge in [0.25, 0.3) is 0 Å². The van der Waals surface area contributed by atoms with Crippen LogP contribution in [0.5, 0.6) is 5.75 Å². The summed E-state index contributed by atoms with van der Waals surface area (Å²) in [5.41, 5.74) is 0.241. The molecule has 1 aromatic heterocycles. The van der Waals surface area contributed by atoms with Gasteiger partial charge in [-0.3, -0.25) is 0 Å². The van der Waals surface area contributed by atoms with Crippen LogP contribution in [0.2, 0.25) is 0 Å². The summed E-state index contributed by atoms with van der Waals surface area (Å²) in [5.74, 6) is -5.77. The number of alkyl halides is 4. The number of carbonyl (C=O) groups is 1. The highest BCUT2D eigenvalue weighted by Gasteiger charge is 2.66. The van der Waals surface area contributed by atoms with Crippen molar-refractivity contribution in [2.24, 2.45) is 0 Å². The molecule has 0 fully saturated rings. The Kier molecular flexibility index (Phi) is 4.89. The van der Waals surface area contributed by atoms with Crippen LogP contribution in [0, 0.1) is 5.82 Å². The smallest absolute Gasteiger partial charge is 0.427 e.